The second kappa shape index (κ2) is 3.97. The van der Waals surface area contributed by atoms with Gasteiger partial charge in [-0.05, 0) is 6.07 Å². The van der Waals surface area contributed by atoms with Gasteiger partial charge in [0.2, 0.25) is 0 Å². The minimum absolute atomic E-state index is 0.136. The molecule has 0 fully saturated rings. The number of phenolic OH excluding ortho intramolecular Hbond substituents is 2. The van der Waals surface area contributed by atoms with Crippen LogP contribution in [-0.4, -0.2) is 23.3 Å². The van der Waals surface area contributed by atoms with Gasteiger partial charge in [-0.1, -0.05) is 12.1 Å². The number of carbonyl (C=O) groups excluding carboxylic acids is 1. The van der Waals surface area contributed by atoms with Gasteiger partial charge in [-0.2, -0.15) is 0 Å². The fourth-order valence-corrected chi connectivity index (χ4v) is 1.05. The Balaban J connectivity index is 3.07. The van der Waals surface area contributed by atoms with Crippen molar-refractivity contribution in [3.63, 3.8) is 0 Å². The van der Waals surface area contributed by atoms with E-state index in [2.05, 4.69) is 4.74 Å². The molecule has 0 amide bonds. The van der Waals surface area contributed by atoms with Gasteiger partial charge in [0.25, 0.3) is 0 Å². The molecule has 14 heavy (non-hydrogen) atoms. The SMILES string of the molecule is COC(=O)[C@@H](N)c1cccc(O)c1O. The van der Waals surface area contributed by atoms with Crippen molar-refractivity contribution in [1.82, 2.24) is 0 Å². The molecular formula is C9H11NO4. The van der Waals surface area contributed by atoms with E-state index in [9.17, 15) is 9.90 Å². The van der Waals surface area contributed by atoms with Crippen molar-refractivity contribution in [3.05, 3.63) is 23.8 Å². The molecule has 0 aromatic heterocycles. The van der Waals surface area contributed by atoms with E-state index in [0.717, 1.165) is 0 Å². The monoisotopic (exact) mass is 197 g/mol. The van der Waals surface area contributed by atoms with Crippen molar-refractivity contribution in [2.75, 3.05) is 7.11 Å². The molecule has 0 aliphatic rings. The molecule has 5 heteroatoms. The van der Waals surface area contributed by atoms with E-state index in [1.807, 2.05) is 0 Å². The van der Waals surface area contributed by atoms with Crippen molar-refractivity contribution in [2.45, 2.75) is 6.04 Å². The molecule has 0 saturated carbocycles. The van der Waals surface area contributed by atoms with Gasteiger partial charge < -0.3 is 20.7 Å². The number of carbonyl (C=O) groups is 1. The van der Waals surface area contributed by atoms with Crippen LogP contribution in [0.4, 0.5) is 0 Å². The summed E-state index contributed by atoms with van der Waals surface area (Å²) in [6.45, 7) is 0. The molecular weight excluding hydrogens is 186 g/mol. The summed E-state index contributed by atoms with van der Waals surface area (Å²) in [5, 5.41) is 18.5. The third-order valence-electron chi connectivity index (χ3n) is 1.84. The molecule has 0 bridgehead atoms. The van der Waals surface area contributed by atoms with Gasteiger partial charge in [-0.15, -0.1) is 0 Å². The molecule has 0 radical (unpaired) electrons. The lowest BCUT2D eigenvalue weighted by molar-refractivity contribution is -0.142. The van der Waals surface area contributed by atoms with Crippen LogP contribution in [0.3, 0.4) is 0 Å². The lowest BCUT2D eigenvalue weighted by Crippen LogP contribution is -2.22. The number of benzene rings is 1. The van der Waals surface area contributed by atoms with Crippen molar-refractivity contribution >= 4 is 5.97 Å². The number of para-hydroxylation sites is 1. The summed E-state index contributed by atoms with van der Waals surface area (Å²) in [5.41, 5.74) is 5.61. The van der Waals surface area contributed by atoms with Gasteiger partial charge in [0.1, 0.15) is 6.04 Å². The molecule has 0 unspecified atom stereocenters. The zero-order valence-electron chi connectivity index (χ0n) is 7.60. The standard InChI is InChI=1S/C9H11NO4/c1-14-9(13)7(10)5-3-2-4-6(11)8(5)12/h2-4,7,11-12H,10H2,1H3/t7-/m0/s1. The highest BCUT2D eigenvalue weighted by Crippen LogP contribution is 2.31. The Morgan fingerprint density at radius 1 is 1.50 bits per heavy atom. The van der Waals surface area contributed by atoms with E-state index < -0.39 is 17.8 Å². The molecule has 0 aliphatic heterocycles. The fraction of sp³-hybridized carbons (Fsp3) is 0.222. The van der Waals surface area contributed by atoms with Gasteiger partial charge >= 0.3 is 5.97 Å². The molecule has 0 saturated heterocycles. The van der Waals surface area contributed by atoms with E-state index in [-0.39, 0.29) is 11.3 Å². The van der Waals surface area contributed by atoms with Crippen LogP contribution < -0.4 is 5.73 Å². The Bertz CT molecular complexity index is 351. The average molecular weight is 197 g/mol. The molecule has 76 valence electrons. The number of ether oxygens (including phenoxy) is 1. The number of hydrogen-bond acceptors (Lipinski definition) is 5. The van der Waals surface area contributed by atoms with E-state index in [0.29, 0.717) is 0 Å². The quantitative estimate of drug-likeness (QED) is 0.467. The lowest BCUT2D eigenvalue weighted by Gasteiger charge is -2.11. The summed E-state index contributed by atoms with van der Waals surface area (Å²) in [5.74, 6) is -1.39. The van der Waals surface area contributed by atoms with Gasteiger partial charge in [-0.3, -0.25) is 4.79 Å². The number of phenols is 2. The minimum atomic E-state index is -1.09. The number of rotatable bonds is 2. The molecule has 1 rings (SSSR count). The summed E-state index contributed by atoms with van der Waals surface area (Å²) in [7, 11) is 1.20. The highest BCUT2D eigenvalue weighted by molar-refractivity contribution is 5.78. The zero-order chi connectivity index (χ0) is 10.7. The maximum Gasteiger partial charge on any atom is 0.327 e. The van der Waals surface area contributed by atoms with Crippen molar-refractivity contribution in [2.24, 2.45) is 5.73 Å². The summed E-state index contributed by atoms with van der Waals surface area (Å²) >= 11 is 0. The molecule has 0 aliphatic carbocycles. The Kier molecular flexibility index (Phi) is 2.93. The Morgan fingerprint density at radius 3 is 2.71 bits per heavy atom. The maximum atomic E-state index is 11.0. The molecule has 0 spiro atoms. The van der Waals surface area contributed by atoms with Crippen LogP contribution >= 0.6 is 0 Å². The largest absolute Gasteiger partial charge is 0.504 e. The van der Waals surface area contributed by atoms with Crippen LogP contribution in [0.25, 0.3) is 0 Å². The molecule has 0 heterocycles. The van der Waals surface area contributed by atoms with Gasteiger partial charge in [-0.25, -0.2) is 0 Å². The van der Waals surface area contributed by atoms with E-state index >= 15 is 0 Å². The first-order chi connectivity index (χ1) is 6.57. The van der Waals surface area contributed by atoms with Crippen LogP contribution in [0.1, 0.15) is 11.6 Å². The van der Waals surface area contributed by atoms with E-state index in [1.54, 1.807) is 0 Å². The van der Waals surface area contributed by atoms with Crippen LogP contribution in [-0.2, 0) is 9.53 Å². The highest BCUT2D eigenvalue weighted by Gasteiger charge is 2.20. The normalized spacial score (nSPS) is 12.1. The van der Waals surface area contributed by atoms with Crippen LogP contribution in [0.5, 0.6) is 11.5 Å². The van der Waals surface area contributed by atoms with Crippen LogP contribution in [0.2, 0.25) is 0 Å². The minimum Gasteiger partial charge on any atom is -0.504 e. The summed E-state index contributed by atoms with van der Waals surface area (Å²) in [4.78, 5) is 11.0. The Labute approximate surface area is 80.7 Å². The highest BCUT2D eigenvalue weighted by atomic mass is 16.5. The Hall–Kier alpha value is -1.75. The average Bonchev–Trinajstić information content (AvgIpc) is 2.20. The molecule has 1 aromatic carbocycles. The van der Waals surface area contributed by atoms with E-state index in [1.165, 1.54) is 25.3 Å². The summed E-state index contributed by atoms with van der Waals surface area (Å²) in [6.07, 6.45) is 0. The third-order valence-corrected chi connectivity index (χ3v) is 1.84. The molecule has 1 atom stereocenters. The first kappa shape index (κ1) is 10.3. The third kappa shape index (κ3) is 1.77. The van der Waals surface area contributed by atoms with Gasteiger partial charge in [0, 0.05) is 5.56 Å². The molecule has 4 N–H and O–H groups in total. The second-order valence-electron chi connectivity index (χ2n) is 2.72. The number of methoxy groups -OCH3 is 1. The summed E-state index contributed by atoms with van der Waals surface area (Å²) in [6, 6.07) is 3.12. The number of hydrogen-bond donors (Lipinski definition) is 3. The van der Waals surface area contributed by atoms with Crippen molar-refractivity contribution < 1.29 is 19.7 Å². The number of nitrogens with two attached hydrogens (primary N) is 1. The zero-order valence-corrected chi connectivity index (χ0v) is 7.60. The van der Waals surface area contributed by atoms with E-state index in [4.69, 9.17) is 10.8 Å². The van der Waals surface area contributed by atoms with Gasteiger partial charge in [0.05, 0.1) is 7.11 Å². The van der Waals surface area contributed by atoms with Crippen LogP contribution in [0.15, 0.2) is 18.2 Å². The first-order valence-corrected chi connectivity index (χ1v) is 3.92. The van der Waals surface area contributed by atoms with Crippen molar-refractivity contribution in [1.29, 1.82) is 0 Å². The smallest absolute Gasteiger partial charge is 0.327 e. The lowest BCUT2D eigenvalue weighted by atomic mass is 10.1. The van der Waals surface area contributed by atoms with Crippen molar-refractivity contribution in [3.8, 4) is 11.5 Å². The topological polar surface area (TPSA) is 92.8 Å². The Morgan fingerprint density at radius 2 is 2.14 bits per heavy atom. The predicted octanol–water partition coefficient (Wildman–Crippen LogP) is 0.271. The number of aromatic hydroxyl groups is 2. The number of esters is 1. The fourth-order valence-electron chi connectivity index (χ4n) is 1.05. The summed E-state index contributed by atoms with van der Waals surface area (Å²) < 4.78 is 4.40. The second-order valence-corrected chi connectivity index (χ2v) is 2.72. The molecule has 5 nitrogen and oxygen atoms in total. The maximum absolute atomic E-state index is 11.0. The van der Waals surface area contributed by atoms with Gasteiger partial charge in [0.15, 0.2) is 11.5 Å². The van der Waals surface area contributed by atoms with Crippen LogP contribution in [0, 0.1) is 0 Å². The first-order valence-electron chi connectivity index (χ1n) is 3.92. The predicted molar refractivity (Wildman–Crippen MR) is 48.7 cm³/mol. The molecule has 1 aromatic rings.